The van der Waals surface area contributed by atoms with Crippen molar-refractivity contribution in [3.05, 3.63) is 59.4 Å². The van der Waals surface area contributed by atoms with Gasteiger partial charge in [0.15, 0.2) is 0 Å². The fraction of sp³-hybridized carbons (Fsp3) is 0.389. The maximum Gasteiger partial charge on any atom is 0.119 e. The van der Waals surface area contributed by atoms with Crippen LogP contribution in [-0.4, -0.2) is 18.6 Å². The van der Waals surface area contributed by atoms with Crippen molar-refractivity contribution in [3.8, 4) is 5.75 Å². The molecule has 112 valence electrons. The maximum absolute atomic E-state index is 5.31. The van der Waals surface area contributed by atoms with Gasteiger partial charge in [0.25, 0.3) is 0 Å². The Morgan fingerprint density at radius 3 is 2.81 bits per heavy atom. The summed E-state index contributed by atoms with van der Waals surface area (Å²) in [7, 11) is 1.70. The molecule has 0 bridgehead atoms. The van der Waals surface area contributed by atoms with Gasteiger partial charge in [-0.3, -0.25) is 4.98 Å². The summed E-state index contributed by atoms with van der Waals surface area (Å²) < 4.78 is 5.31. The van der Waals surface area contributed by atoms with Crippen LogP contribution in [0.25, 0.3) is 0 Å². The Labute approximate surface area is 127 Å². The first kappa shape index (κ1) is 15.5. The van der Waals surface area contributed by atoms with E-state index in [-0.39, 0.29) is 6.04 Å². The van der Waals surface area contributed by atoms with Crippen LogP contribution in [0.5, 0.6) is 5.75 Å². The Morgan fingerprint density at radius 2 is 2.10 bits per heavy atom. The van der Waals surface area contributed by atoms with Crippen LogP contribution in [0.3, 0.4) is 0 Å². The molecular formula is C18H24N2O. The molecule has 0 spiro atoms. The fourth-order valence-corrected chi connectivity index (χ4v) is 2.48. The number of rotatable bonds is 7. The lowest BCUT2D eigenvalue weighted by molar-refractivity contribution is 0.413. The number of aromatic nitrogens is 1. The molecule has 2 rings (SSSR count). The second-order valence-corrected chi connectivity index (χ2v) is 5.27. The molecule has 1 unspecified atom stereocenters. The lowest BCUT2D eigenvalue weighted by atomic mass is 9.99. The third-order valence-electron chi connectivity index (χ3n) is 3.59. The zero-order valence-corrected chi connectivity index (χ0v) is 13.1. The van der Waals surface area contributed by atoms with Crippen molar-refractivity contribution >= 4 is 0 Å². The van der Waals surface area contributed by atoms with Gasteiger partial charge in [-0.1, -0.05) is 25.1 Å². The van der Waals surface area contributed by atoms with Crippen molar-refractivity contribution in [2.45, 2.75) is 32.7 Å². The zero-order valence-electron chi connectivity index (χ0n) is 13.1. The molecule has 1 aromatic heterocycles. The van der Waals surface area contributed by atoms with E-state index in [4.69, 9.17) is 4.74 Å². The average molecular weight is 284 g/mol. The summed E-state index contributed by atoms with van der Waals surface area (Å²) in [5, 5.41) is 3.61. The van der Waals surface area contributed by atoms with Gasteiger partial charge in [0.05, 0.1) is 18.8 Å². The lowest BCUT2D eigenvalue weighted by Gasteiger charge is -2.20. The van der Waals surface area contributed by atoms with E-state index in [0.29, 0.717) is 0 Å². The summed E-state index contributed by atoms with van der Waals surface area (Å²) in [5.41, 5.74) is 3.62. The molecule has 0 radical (unpaired) electrons. The number of nitrogens with zero attached hydrogens (tertiary/aromatic N) is 1. The SMILES string of the molecule is CCCNC(Cc1cccc(OC)c1)c1ncccc1C. The Hall–Kier alpha value is -1.87. The van der Waals surface area contributed by atoms with Gasteiger partial charge < -0.3 is 10.1 Å². The largest absolute Gasteiger partial charge is 0.497 e. The molecule has 1 heterocycles. The molecular weight excluding hydrogens is 260 g/mol. The highest BCUT2D eigenvalue weighted by Gasteiger charge is 2.15. The highest BCUT2D eigenvalue weighted by molar-refractivity contribution is 5.31. The number of pyridine rings is 1. The minimum atomic E-state index is 0.234. The average Bonchev–Trinajstić information content (AvgIpc) is 2.52. The van der Waals surface area contributed by atoms with Gasteiger partial charge in [-0.25, -0.2) is 0 Å². The van der Waals surface area contributed by atoms with Crippen LogP contribution in [0.4, 0.5) is 0 Å². The second-order valence-electron chi connectivity index (χ2n) is 5.27. The molecule has 1 N–H and O–H groups in total. The Balaban J connectivity index is 2.21. The Kier molecular flexibility index (Phi) is 5.76. The van der Waals surface area contributed by atoms with Crippen LogP contribution >= 0.6 is 0 Å². The predicted molar refractivity (Wildman–Crippen MR) is 86.7 cm³/mol. The minimum absolute atomic E-state index is 0.234. The number of ether oxygens (including phenoxy) is 1. The minimum Gasteiger partial charge on any atom is -0.497 e. The molecule has 3 heteroatoms. The maximum atomic E-state index is 5.31. The quantitative estimate of drug-likeness (QED) is 0.842. The number of hydrogen-bond acceptors (Lipinski definition) is 3. The number of benzene rings is 1. The Morgan fingerprint density at radius 1 is 1.24 bits per heavy atom. The number of aryl methyl sites for hydroxylation is 1. The smallest absolute Gasteiger partial charge is 0.119 e. The zero-order chi connectivity index (χ0) is 15.1. The molecule has 0 saturated carbocycles. The van der Waals surface area contributed by atoms with Crippen molar-refractivity contribution in [1.82, 2.24) is 10.3 Å². The summed E-state index contributed by atoms with van der Waals surface area (Å²) in [6, 6.07) is 12.6. The lowest BCUT2D eigenvalue weighted by Crippen LogP contribution is -2.25. The van der Waals surface area contributed by atoms with Crippen LogP contribution < -0.4 is 10.1 Å². The first-order valence-corrected chi connectivity index (χ1v) is 7.52. The van der Waals surface area contributed by atoms with Crippen molar-refractivity contribution in [3.63, 3.8) is 0 Å². The predicted octanol–water partition coefficient (Wildman–Crippen LogP) is 3.68. The normalized spacial score (nSPS) is 12.1. The van der Waals surface area contributed by atoms with E-state index >= 15 is 0 Å². The van der Waals surface area contributed by atoms with Crippen molar-refractivity contribution in [2.75, 3.05) is 13.7 Å². The molecule has 3 nitrogen and oxygen atoms in total. The highest BCUT2D eigenvalue weighted by Crippen LogP contribution is 2.22. The number of methoxy groups -OCH3 is 1. The summed E-state index contributed by atoms with van der Waals surface area (Å²) in [6.45, 7) is 5.29. The molecule has 21 heavy (non-hydrogen) atoms. The summed E-state index contributed by atoms with van der Waals surface area (Å²) in [5.74, 6) is 0.902. The van der Waals surface area contributed by atoms with Crippen molar-refractivity contribution in [1.29, 1.82) is 0 Å². The molecule has 0 aliphatic rings. The Bertz CT molecular complexity index is 569. The van der Waals surface area contributed by atoms with Crippen LogP contribution in [0.2, 0.25) is 0 Å². The molecule has 1 aromatic carbocycles. The highest BCUT2D eigenvalue weighted by atomic mass is 16.5. The number of nitrogens with one attached hydrogen (secondary N) is 1. The third kappa shape index (κ3) is 4.30. The van der Waals surface area contributed by atoms with Gasteiger partial charge in [-0.15, -0.1) is 0 Å². The summed E-state index contributed by atoms with van der Waals surface area (Å²) in [4.78, 5) is 4.58. The molecule has 0 amide bonds. The monoisotopic (exact) mass is 284 g/mol. The van der Waals surface area contributed by atoms with E-state index in [1.807, 2.05) is 24.4 Å². The van der Waals surface area contributed by atoms with E-state index in [9.17, 15) is 0 Å². The standard InChI is InChI=1S/C18H24N2O/c1-4-10-19-17(18-14(2)7-6-11-20-18)13-15-8-5-9-16(12-15)21-3/h5-9,11-12,17,19H,4,10,13H2,1-3H3. The van der Waals surface area contributed by atoms with Gasteiger partial charge in [0, 0.05) is 6.20 Å². The third-order valence-corrected chi connectivity index (χ3v) is 3.59. The second kappa shape index (κ2) is 7.79. The fourth-order valence-electron chi connectivity index (χ4n) is 2.48. The molecule has 0 saturated heterocycles. The molecule has 2 aromatic rings. The van der Waals surface area contributed by atoms with E-state index in [1.165, 1.54) is 11.1 Å². The van der Waals surface area contributed by atoms with E-state index in [1.54, 1.807) is 7.11 Å². The van der Waals surface area contributed by atoms with Crippen molar-refractivity contribution in [2.24, 2.45) is 0 Å². The van der Waals surface area contributed by atoms with Crippen LogP contribution in [0.15, 0.2) is 42.6 Å². The van der Waals surface area contributed by atoms with Gasteiger partial charge in [-0.05, 0) is 55.6 Å². The first-order chi connectivity index (χ1) is 10.2. The first-order valence-electron chi connectivity index (χ1n) is 7.52. The topological polar surface area (TPSA) is 34.1 Å². The van der Waals surface area contributed by atoms with E-state index < -0.39 is 0 Å². The van der Waals surface area contributed by atoms with Crippen molar-refractivity contribution < 1.29 is 4.74 Å². The van der Waals surface area contributed by atoms with Gasteiger partial charge in [-0.2, -0.15) is 0 Å². The molecule has 0 aliphatic carbocycles. The molecule has 0 aliphatic heterocycles. The molecule has 1 atom stereocenters. The summed E-state index contributed by atoms with van der Waals surface area (Å²) >= 11 is 0. The van der Waals surface area contributed by atoms with Crippen LogP contribution in [0.1, 0.15) is 36.2 Å². The molecule has 0 fully saturated rings. The number of hydrogen-bond donors (Lipinski definition) is 1. The van der Waals surface area contributed by atoms with Gasteiger partial charge >= 0.3 is 0 Å². The van der Waals surface area contributed by atoms with Crippen LogP contribution in [-0.2, 0) is 6.42 Å². The van der Waals surface area contributed by atoms with E-state index in [0.717, 1.165) is 30.8 Å². The van der Waals surface area contributed by atoms with E-state index in [2.05, 4.69) is 42.3 Å². The summed E-state index contributed by atoms with van der Waals surface area (Å²) in [6.07, 6.45) is 3.89. The van der Waals surface area contributed by atoms with Gasteiger partial charge in [0.1, 0.15) is 5.75 Å². The van der Waals surface area contributed by atoms with Gasteiger partial charge in [0.2, 0.25) is 0 Å². The van der Waals surface area contributed by atoms with Crippen LogP contribution in [0, 0.1) is 6.92 Å².